The van der Waals surface area contributed by atoms with Crippen LogP contribution in [-0.4, -0.2) is 28.8 Å². The highest BCUT2D eigenvalue weighted by molar-refractivity contribution is 6.31. The SMILES string of the molecule is CC(C)(C)NC(=O)[C@H]1CCC[C@H]2[C@@H]3CC[C@H]4NC(=O)C(Cl)C[C@]4(C)[C@H]3CC[C@]12C. The van der Waals surface area contributed by atoms with Gasteiger partial charge in [-0.05, 0) is 94.3 Å². The molecular weight excluding hydrogens is 384 g/mol. The topological polar surface area (TPSA) is 58.2 Å². The van der Waals surface area contributed by atoms with Crippen molar-refractivity contribution in [1.29, 1.82) is 0 Å². The maximum atomic E-state index is 13.2. The zero-order valence-electron chi connectivity index (χ0n) is 18.8. The van der Waals surface area contributed by atoms with Crippen molar-refractivity contribution in [3.05, 3.63) is 0 Å². The number of carbonyl (C=O) groups excluding carboxylic acids is 2. The summed E-state index contributed by atoms with van der Waals surface area (Å²) in [5, 5.41) is 6.12. The van der Waals surface area contributed by atoms with Gasteiger partial charge >= 0.3 is 0 Å². The predicted molar refractivity (Wildman–Crippen MR) is 117 cm³/mol. The summed E-state index contributed by atoms with van der Waals surface area (Å²) in [5.74, 6) is 2.26. The minimum absolute atomic E-state index is 0.0184. The predicted octanol–water partition coefficient (Wildman–Crippen LogP) is 4.65. The molecule has 3 saturated carbocycles. The maximum absolute atomic E-state index is 13.2. The van der Waals surface area contributed by atoms with Crippen molar-refractivity contribution in [2.75, 3.05) is 0 Å². The Kier molecular flexibility index (Phi) is 5.28. The van der Waals surface area contributed by atoms with Crippen LogP contribution < -0.4 is 10.6 Å². The molecule has 0 aromatic carbocycles. The summed E-state index contributed by atoms with van der Waals surface area (Å²) in [6.07, 6.45) is 8.71. The van der Waals surface area contributed by atoms with Gasteiger partial charge in [0.1, 0.15) is 5.38 Å². The number of hydrogen-bond acceptors (Lipinski definition) is 2. The first-order valence-corrected chi connectivity index (χ1v) is 12.2. The Morgan fingerprint density at radius 2 is 1.76 bits per heavy atom. The zero-order chi connectivity index (χ0) is 21.2. The molecule has 2 N–H and O–H groups in total. The summed E-state index contributed by atoms with van der Waals surface area (Å²) in [6.45, 7) is 11.0. The lowest BCUT2D eigenvalue weighted by atomic mass is 9.43. The lowest BCUT2D eigenvalue weighted by Gasteiger charge is -2.63. The average Bonchev–Trinajstić information content (AvgIpc) is 2.60. The van der Waals surface area contributed by atoms with E-state index in [4.69, 9.17) is 11.6 Å². The van der Waals surface area contributed by atoms with E-state index in [1.165, 1.54) is 12.8 Å². The molecule has 2 amide bonds. The molecule has 164 valence electrons. The molecule has 4 nitrogen and oxygen atoms in total. The molecule has 1 heterocycles. The van der Waals surface area contributed by atoms with E-state index in [0.717, 1.165) is 38.5 Å². The minimum atomic E-state index is -0.403. The van der Waals surface area contributed by atoms with E-state index in [1.54, 1.807) is 0 Å². The van der Waals surface area contributed by atoms with Crippen LogP contribution in [0, 0.1) is 34.5 Å². The molecular formula is C24H39ClN2O2. The molecule has 4 fully saturated rings. The summed E-state index contributed by atoms with van der Waals surface area (Å²) in [6, 6.07) is 0.263. The van der Waals surface area contributed by atoms with Crippen LogP contribution in [0.15, 0.2) is 0 Å². The van der Waals surface area contributed by atoms with Gasteiger partial charge in [0.15, 0.2) is 0 Å². The van der Waals surface area contributed by atoms with Gasteiger partial charge in [0.25, 0.3) is 0 Å². The molecule has 0 radical (unpaired) electrons. The van der Waals surface area contributed by atoms with Crippen molar-refractivity contribution in [3.63, 3.8) is 0 Å². The molecule has 1 saturated heterocycles. The fraction of sp³-hybridized carbons (Fsp3) is 0.917. The largest absolute Gasteiger partial charge is 0.352 e. The number of amides is 2. The minimum Gasteiger partial charge on any atom is -0.352 e. The maximum Gasteiger partial charge on any atom is 0.238 e. The molecule has 3 aliphatic carbocycles. The van der Waals surface area contributed by atoms with Gasteiger partial charge in [-0.1, -0.05) is 20.3 Å². The summed E-state index contributed by atoms with van der Waals surface area (Å²) >= 11 is 6.43. The first-order valence-electron chi connectivity index (χ1n) is 11.7. The fourth-order valence-corrected chi connectivity index (χ4v) is 8.21. The van der Waals surface area contributed by atoms with Crippen molar-refractivity contribution < 1.29 is 9.59 Å². The molecule has 0 aromatic heterocycles. The van der Waals surface area contributed by atoms with Crippen molar-refractivity contribution in [1.82, 2.24) is 10.6 Å². The smallest absolute Gasteiger partial charge is 0.238 e. The molecule has 0 spiro atoms. The normalized spacial score (nSPS) is 47.3. The number of piperidine rings is 1. The first-order chi connectivity index (χ1) is 13.5. The van der Waals surface area contributed by atoms with Gasteiger partial charge in [-0.2, -0.15) is 0 Å². The average molecular weight is 423 g/mol. The Morgan fingerprint density at radius 1 is 1.07 bits per heavy atom. The molecule has 0 aromatic rings. The molecule has 1 unspecified atom stereocenters. The van der Waals surface area contributed by atoms with Crippen molar-refractivity contribution in [2.45, 2.75) is 103 Å². The highest BCUT2D eigenvalue weighted by atomic mass is 35.5. The van der Waals surface area contributed by atoms with Gasteiger partial charge in [0.2, 0.25) is 11.8 Å². The van der Waals surface area contributed by atoms with Crippen LogP contribution in [0.3, 0.4) is 0 Å². The van der Waals surface area contributed by atoms with Crippen molar-refractivity contribution in [2.24, 2.45) is 34.5 Å². The van der Waals surface area contributed by atoms with Gasteiger partial charge < -0.3 is 10.6 Å². The van der Waals surface area contributed by atoms with Crippen LogP contribution in [-0.2, 0) is 9.59 Å². The number of rotatable bonds is 1. The highest BCUT2D eigenvalue weighted by Gasteiger charge is 2.61. The number of carbonyl (C=O) groups is 2. The standard InChI is InChI=1S/C24H39ClN2O2/c1-22(2,3)27-20(28)17-8-6-7-15-14-9-10-19-24(5,13-18(25)21(29)26-19)16(14)11-12-23(15,17)4/h14-19H,6-13H2,1-5H3,(H,26,29)(H,27,28)/t14-,15-,16-,17+,18?,19+,23-,24+/m0/s1. The molecule has 5 heteroatoms. The van der Waals surface area contributed by atoms with Crippen LogP contribution in [0.5, 0.6) is 0 Å². The van der Waals surface area contributed by atoms with Crippen LogP contribution in [0.1, 0.15) is 86.0 Å². The number of hydrogen-bond donors (Lipinski definition) is 2. The van der Waals surface area contributed by atoms with Gasteiger partial charge in [0.05, 0.1) is 0 Å². The monoisotopic (exact) mass is 422 g/mol. The third-order valence-electron chi connectivity index (χ3n) is 9.15. The molecule has 4 rings (SSSR count). The second-order valence-corrected chi connectivity index (χ2v) is 12.5. The van der Waals surface area contributed by atoms with Gasteiger partial charge in [-0.25, -0.2) is 0 Å². The van der Waals surface area contributed by atoms with E-state index in [0.29, 0.717) is 17.8 Å². The number of fused-ring (bicyclic) bond motifs is 5. The zero-order valence-corrected chi connectivity index (χ0v) is 19.6. The second-order valence-electron chi connectivity index (χ2n) is 12.0. The Balaban J connectivity index is 1.59. The van der Waals surface area contributed by atoms with E-state index in [1.807, 2.05) is 0 Å². The second kappa shape index (κ2) is 7.14. The Labute approximate surface area is 181 Å². The quantitative estimate of drug-likeness (QED) is 0.604. The Hall–Kier alpha value is -0.770. The Bertz CT molecular complexity index is 689. The fourth-order valence-electron chi connectivity index (χ4n) is 7.81. The molecule has 29 heavy (non-hydrogen) atoms. The third kappa shape index (κ3) is 3.51. The van der Waals surface area contributed by atoms with Crippen molar-refractivity contribution >= 4 is 23.4 Å². The summed E-state index contributed by atoms with van der Waals surface area (Å²) in [5.41, 5.74) is 0.000203. The summed E-state index contributed by atoms with van der Waals surface area (Å²) < 4.78 is 0. The summed E-state index contributed by atoms with van der Waals surface area (Å²) in [4.78, 5) is 25.4. The number of halogens is 1. The molecule has 4 aliphatic rings. The number of alkyl halides is 1. The highest BCUT2D eigenvalue weighted by Crippen LogP contribution is 2.64. The van der Waals surface area contributed by atoms with E-state index in [-0.39, 0.29) is 40.1 Å². The lowest BCUT2D eigenvalue weighted by molar-refractivity contribution is -0.156. The van der Waals surface area contributed by atoms with Crippen LogP contribution >= 0.6 is 11.6 Å². The molecule has 8 atom stereocenters. The Morgan fingerprint density at radius 3 is 2.45 bits per heavy atom. The lowest BCUT2D eigenvalue weighted by Crippen LogP contribution is -2.65. The van der Waals surface area contributed by atoms with Gasteiger partial charge in [-0.3, -0.25) is 9.59 Å². The van der Waals surface area contributed by atoms with E-state index >= 15 is 0 Å². The van der Waals surface area contributed by atoms with Gasteiger partial charge in [0, 0.05) is 17.5 Å². The molecule has 0 bridgehead atoms. The first kappa shape index (κ1) is 21.5. The van der Waals surface area contributed by atoms with Crippen molar-refractivity contribution in [3.8, 4) is 0 Å². The van der Waals surface area contributed by atoms with Crippen LogP contribution in [0.2, 0.25) is 0 Å². The molecule has 1 aliphatic heterocycles. The van der Waals surface area contributed by atoms with Crippen LogP contribution in [0.25, 0.3) is 0 Å². The summed E-state index contributed by atoms with van der Waals surface area (Å²) in [7, 11) is 0. The van der Waals surface area contributed by atoms with E-state index < -0.39 is 5.38 Å². The van der Waals surface area contributed by atoms with E-state index in [2.05, 4.69) is 45.3 Å². The van der Waals surface area contributed by atoms with Crippen LogP contribution in [0.4, 0.5) is 0 Å². The van der Waals surface area contributed by atoms with Gasteiger partial charge in [-0.15, -0.1) is 11.6 Å². The number of nitrogens with one attached hydrogen (secondary N) is 2. The third-order valence-corrected chi connectivity index (χ3v) is 9.50. The van der Waals surface area contributed by atoms with E-state index in [9.17, 15) is 9.59 Å².